The van der Waals surface area contributed by atoms with Crippen molar-refractivity contribution in [2.75, 3.05) is 14.2 Å². The summed E-state index contributed by atoms with van der Waals surface area (Å²) in [6, 6.07) is 5.57. The van der Waals surface area contributed by atoms with Crippen molar-refractivity contribution in [3.8, 4) is 11.5 Å². The first-order chi connectivity index (χ1) is 7.80. The van der Waals surface area contributed by atoms with Crippen LogP contribution in [0, 0.1) is 0 Å². The smallest absolute Gasteiger partial charge is 0.161 e. The number of aromatic nitrogens is 1. The highest BCUT2D eigenvalue weighted by molar-refractivity contribution is 5.87. The summed E-state index contributed by atoms with van der Waals surface area (Å²) in [4.78, 5) is 4.11. The van der Waals surface area contributed by atoms with Crippen molar-refractivity contribution in [3.05, 3.63) is 30.1 Å². The third-order valence-electron chi connectivity index (χ3n) is 2.50. The van der Waals surface area contributed by atoms with Crippen molar-refractivity contribution in [1.29, 1.82) is 0 Å². The Morgan fingerprint density at radius 1 is 1.19 bits per heavy atom. The molecule has 0 aliphatic rings. The van der Waals surface area contributed by atoms with E-state index in [1.165, 1.54) is 0 Å². The predicted molar refractivity (Wildman–Crippen MR) is 60.8 cm³/mol. The van der Waals surface area contributed by atoms with E-state index >= 15 is 0 Å². The minimum atomic E-state index is -0.0905. The molecule has 0 atom stereocenters. The molecule has 0 saturated carbocycles. The number of pyridine rings is 1. The molecule has 1 N–H and O–H groups in total. The van der Waals surface area contributed by atoms with Gasteiger partial charge in [-0.3, -0.25) is 4.98 Å². The van der Waals surface area contributed by atoms with Crippen LogP contribution in [0.5, 0.6) is 11.5 Å². The second-order valence-electron chi connectivity index (χ2n) is 3.34. The summed E-state index contributed by atoms with van der Waals surface area (Å²) >= 11 is 0. The van der Waals surface area contributed by atoms with Gasteiger partial charge in [-0.1, -0.05) is 0 Å². The lowest BCUT2D eigenvalue weighted by molar-refractivity contribution is 0.278. The molecule has 1 heterocycles. The first kappa shape index (κ1) is 10.7. The van der Waals surface area contributed by atoms with Crippen molar-refractivity contribution < 1.29 is 14.6 Å². The molecule has 0 aliphatic heterocycles. The lowest BCUT2D eigenvalue weighted by atomic mass is 10.1. The van der Waals surface area contributed by atoms with Gasteiger partial charge in [-0.15, -0.1) is 0 Å². The van der Waals surface area contributed by atoms with Crippen LogP contribution in [0.2, 0.25) is 0 Å². The van der Waals surface area contributed by atoms with E-state index in [1.54, 1.807) is 20.4 Å². The summed E-state index contributed by atoms with van der Waals surface area (Å²) in [7, 11) is 3.18. The number of hydrogen-bond acceptors (Lipinski definition) is 4. The number of nitrogens with zero attached hydrogens (tertiary/aromatic N) is 1. The molecule has 0 bridgehead atoms. The maximum absolute atomic E-state index is 9.19. The Bertz CT molecular complexity index is 511. The van der Waals surface area contributed by atoms with Crippen molar-refractivity contribution in [2.24, 2.45) is 0 Å². The normalized spacial score (nSPS) is 10.4. The molecule has 4 nitrogen and oxygen atoms in total. The minimum absolute atomic E-state index is 0.0905. The first-order valence-electron chi connectivity index (χ1n) is 4.90. The lowest BCUT2D eigenvalue weighted by Crippen LogP contribution is -1.94. The van der Waals surface area contributed by atoms with E-state index in [-0.39, 0.29) is 6.61 Å². The highest BCUT2D eigenvalue weighted by Crippen LogP contribution is 2.32. The quantitative estimate of drug-likeness (QED) is 0.854. The van der Waals surface area contributed by atoms with Gasteiger partial charge in [0.25, 0.3) is 0 Å². The average Bonchev–Trinajstić information content (AvgIpc) is 2.36. The number of fused-ring (bicyclic) bond motifs is 1. The van der Waals surface area contributed by atoms with Gasteiger partial charge in [-0.25, -0.2) is 0 Å². The molecule has 84 valence electrons. The molecule has 0 unspecified atom stereocenters. The van der Waals surface area contributed by atoms with Crippen LogP contribution in [0.25, 0.3) is 10.8 Å². The molecule has 0 aliphatic carbocycles. The van der Waals surface area contributed by atoms with Gasteiger partial charge in [0.1, 0.15) is 0 Å². The molecule has 2 rings (SSSR count). The molecule has 2 aromatic rings. The van der Waals surface area contributed by atoms with Gasteiger partial charge in [0.05, 0.1) is 26.5 Å². The van der Waals surface area contributed by atoms with Gasteiger partial charge in [-0.2, -0.15) is 0 Å². The highest BCUT2D eigenvalue weighted by atomic mass is 16.5. The first-order valence-corrected chi connectivity index (χ1v) is 4.90. The molecule has 0 fully saturated rings. The van der Waals surface area contributed by atoms with Crippen LogP contribution in [0.15, 0.2) is 24.4 Å². The maximum atomic E-state index is 9.19. The number of rotatable bonds is 3. The number of aliphatic hydroxyl groups is 1. The number of ether oxygens (including phenoxy) is 2. The van der Waals surface area contributed by atoms with E-state index in [1.807, 2.05) is 18.2 Å². The predicted octanol–water partition coefficient (Wildman–Crippen LogP) is 1.74. The van der Waals surface area contributed by atoms with Crippen molar-refractivity contribution in [3.63, 3.8) is 0 Å². The van der Waals surface area contributed by atoms with E-state index in [9.17, 15) is 5.11 Å². The zero-order valence-corrected chi connectivity index (χ0v) is 9.23. The molecule has 0 radical (unpaired) electrons. The molecule has 1 aromatic carbocycles. The fourth-order valence-corrected chi connectivity index (χ4v) is 1.69. The van der Waals surface area contributed by atoms with Gasteiger partial charge in [0.2, 0.25) is 0 Å². The van der Waals surface area contributed by atoms with Crippen LogP contribution in [0.1, 0.15) is 5.69 Å². The summed E-state index contributed by atoms with van der Waals surface area (Å²) in [6.07, 6.45) is 1.67. The van der Waals surface area contributed by atoms with Crippen LogP contribution < -0.4 is 9.47 Å². The number of methoxy groups -OCH3 is 2. The fourth-order valence-electron chi connectivity index (χ4n) is 1.69. The van der Waals surface area contributed by atoms with Gasteiger partial charge in [0.15, 0.2) is 11.5 Å². The van der Waals surface area contributed by atoms with Crippen molar-refractivity contribution >= 4 is 10.8 Å². The van der Waals surface area contributed by atoms with E-state index < -0.39 is 0 Å². The van der Waals surface area contributed by atoms with Crippen molar-refractivity contribution in [1.82, 2.24) is 4.98 Å². The summed E-state index contributed by atoms with van der Waals surface area (Å²) in [5, 5.41) is 11.0. The van der Waals surface area contributed by atoms with Gasteiger partial charge in [-0.05, 0) is 23.6 Å². The van der Waals surface area contributed by atoms with E-state index in [2.05, 4.69) is 4.98 Å². The number of hydrogen-bond donors (Lipinski definition) is 1. The maximum Gasteiger partial charge on any atom is 0.161 e. The topological polar surface area (TPSA) is 51.6 Å². The Kier molecular flexibility index (Phi) is 2.92. The number of benzene rings is 1. The summed E-state index contributed by atoms with van der Waals surface area (Å²) in [5.41, 5.74) is 0.637. The average molecular weight is 219 g/mol. The second-order valence-corrected chi connectivity index (χ2v) is 3.34. The van der Waals surface area contributed by atoms with E-state index in [0.29, 0.717) is 17.2 Å². The van der Waals surface area contributed by atoms with Crippen LogP contribution in [0.4, 0.5) is 0 Å². The molecule has 1 aromatic heterocycles. The molecule has 16 heavy (non-hydrogen) atoms. The summed E-state index contributed by atoms with van der Waals surface area (Å²) < 4.78 is 10.4. The van der Waals surface area contributed by atoms with Crippen LogP contribution >= 0.6 is 0 Å². The Labute approximate surface area is 93.4 Å². The molecule has 0 amide bonds. The lowest BCUT2D eigenvalue weighted by Gasteiger charge is -2.10. The Morgan fingerprint density at radius 3 is 2.50 bits per heavy atom. The van der Waals surface area contributed by atoms with Gasteiger partial charge in [0, 0.05) is 11.6 Å². The van der Waals surface area contributed by atoms with Crippen LogP contribution in [0.3, 0.4) is 0 Å². The zero-order chi connectivity index (χ0) is 11.5. The molecular weight excluding hydrogens is 206 g/mol. The van der Waals surface area contributed by atoms with Gasteiger partial charge < -0.3 is 14.6 Å². The molecule has 0 saturated heterocycles. The summed E-state index contributed by atoms with van der Waals surface area (Å²) in [5.74, 6) is 1.31. The third-order valence-corrected chi connectivity index (χ3v) is 2.50. The van der Waals surface area contributed by atoms with Gasteiger partial charge >= 0.3 is 0 Å². The Morgan fingerprint density at radius 2 is 1.88 bits per heavy atom. The molecule has 0 spiro atoms. The second kappa shape index (κ2) is 4.37. The third kappa shape index (κ3) is 1.67. The Hall–Kier alpha value is -1.81. The summed E-state index contributed by atoms with van der Waals surface area (Å²) in [6.45, 7) is -0.0905. The number of aliphatic hydroxyl groups excluding tert-OH is 1. The van der Waals surface area contributed by atoms with Crippen LogP contribution in [-0.2, 0) is 6.61 Å². The minimum Gasteiger partial charge on any atom is -0.493 e. The van der Waals surface area contributed by atoms with E-state index in [0.717, 1.165) is 10.8 Å². The monoisotopic (exact) mass is 219 g/mol. The van der Waals surface area contributed by atoms with Crippen molar-refractivity contribution in [2.45, 2.75) is 6.61 Å². The molecular formula is C12H13NO3. The molecule has 4 heteroatoms. The fraction of sp³-hybridized carbons (Fsp3) is 0.250. The standard InChI is InChI=1S/C12H13NO3/c1-15-11-5-8-3-4-13-10(7-14)9(8)6-12(11)16-2/h3-6,14H,7H2,1-2H3. The Balaban J connectivity index is 2.72. The SMILES string of the molecule is COc1cc2ccnc(CO)c2cc1OC. The highest BCUT2D eigenvalue weighted by Gasteiger charge is 2.08. The van der Waals surface area contributed by atoms with Crippen LogP contribution in [-0.4, -0.2) is 24.3 Å². The van der Waals surface area contributed by atoms with E-state index in [4.69, 9.17) is 9.47 Å². The largest absolute Gasteiger partial charge is 0.493 e. The zero-order valence-electron chi connectivity index (χ0n) is 9.23.